The Morgan fingerprint density at radius 1 is 0.459 bits per heavy atom. The molecule has 0 spiro atoms. The van der Waals surface area contributed by atoms with Gasteiger partial charge in [-0.1, -0.05) is 0 Å². The van der Waals surface area contributed by atoms with Gasteiger partial charge in [0.15, 0.2) is 0 Å². The third-order valence-corrected chi connectivity index (χ3v) is 4.42. The van der Waals surface area contributed by atoms with Crippen LogP contribution < -0.4 is 0 Å². The molecule has 37 heavy (non-hydrogen) atoms. The first-order chi connectivity index (χ1) is 17.5. The fourth-order valence-electron chi connectivity index (χ4n) is 2.72. The van der Waals surface area contributed by atoms with Crippen LogP contribution in [0.4, 0.5) is 0 Å². The summed E-state index contributed by atoms with van der Waals surface area (Å²) in [4.78, 5) is 0. The van der Waals surface area contributed by atoms with Gasteiger partial charge in [-0.2, -0.15) is 0 Å². The molecule has 0 saturated carbocycles. The van der Waals surface area contributed by atoms with Crippen molar-refractivity contribution in [3.63, 3.8) is 0 Å². The molecule has 0 aliphatic heterocycles. The molecule has 224 valence electrons. The van der Waals surface area contributed by atoms with E-state index in [1.807, 2.05) is 20.8 Å². The van der Waals surface area contributed by atoms with E-state index in [2.05, 4.69) is 0 Å². The molecule has 0 aromatic rings. The molecule has 6 unspecified atom stereocenters. The highest BCUT2D eigenvalue weighted by atomic mass is 16.6. The summed E-state index contributed by atoms with van der Waals surface area (Å²) >= 11 is 0. The molecule has 0 fully saturated rings. The third kappa shape index (κ3) is 24.3. The normalized spacial score (nSPS) is 17.4. The average Bonchev–Trinajstić information content (AvgIpc) is 2.80. The lowest BCUT2D eigenvalue weighted by atomic mass is 10.2. The molecular weight excluding hydrogens is 496 g/mol. The van der Waals surface area contributed by atoms with Crippen molar-refractivity contribution in [2.24, 2.45) is 0 Å². The molecule has 0 saturated heterocycles. The van der Waals surface area contributed by atoms with Crippen LogP contribution in [0.5, 0.6) is 0 Å². The SMILES string of the molecule is COCC(O)COCC(O)COCC(O)COCC(COC(C)(C)C)OCC(O)COCC(O)COC. The first kappa shape index (κ1) is 36.5. The number of rotatable bonds is 25. The summed E-state index contributed by atoms with van der Waals surface area (Å²) in [6.45, 7) is 6.16. The van der Waals surface area contributed by atoms with Crippen molar-refractivity contribution in [1.82, 2.24) is 0 Å². The molecule has 13 nitrogen and oxygen atoms in total. The predicted molar refractivity (Wildman–Crippen MR) is 133 cm³/mol. The van der Waals surface area contributed by atoms with E-state index in [0.717, 1.165) is 0 Å². The number of methoxy groups -OCH3 is 2. The van der Waals surface area contributed by atoms with Crippen molar-refractivity contribution in [3.05, 3.63) is 0 Å². The lowest BCUT2D eigenvalue weighted by Crippen LogP contribution is -2.35. The average molecular weight is 547 g/mol. The zero-order valence-corrected chi connectivity index (χ0v) is 23.0. The highest BCUT2D eigenvalue weighted by molar-refractivity contribution is 4.66. The first-order valence-corrected chi connectivity index (χ1v) is 12.4. The Morgan fingerprint density at radius 3 is 1.14 bits per heavy atom. The maximum atomic E-state index is 10.1. The molecule has 6 atom stereocenters. The molecule has 0 amide bonds. The standard InChI is InChI=1S/C24H50O13/c1-24(2,3)37-17-23(36-15-22(29)14-33-9-19(26)7-31-5)16-35-13-21(28)12-34-11-20(27)10-32-8-18(25)6-30-4/h18-23,25-29H,6-17H2,1-5H3. The fraction of sp³-hybridized carbons (Fsp3) is 1.00. The van der Waals surface area contributed by atoms with Crippen LogP contribution in [0, 0.1) is 0 Å². The van der Waals surface area contributed by atoms with Crippen molar-refractivity contribution >= 4 is 0 Å². The quantitative estimate of drug-likeness (QED) is 0.0882. The molecule has 0 aliphatic carbocycles. The highest BCUT2D eigenvalue weighted by Crippen LogP contribution is 2.09. The molecule has 0 aliphatic rings. The summed E-state index contributed by atoms with van der Waals surface area (Å²) in [5, 5.41) is 49.0. The van der Waals surface area contributed by atoms with Crippen LogP contribution in [0.2, 0.25) is 0 Å². The van der Waals surface area contributed by atoms with Gasteiger partial charge in [-0.05, 0) is 20.8 Å². The van der Waals surface area contributed by atoms with Crippen LogP contribution >= 0.6 is 0 Å². The zero-order valence-electron chi connectivity index (χ0n) is 23.0. The molecule has 0 rings (SSSR count). The van der Waals surface area contributed by atoms with E-state index in [4.69, 9.17) is 37.9 Å². The van der Waals surface area contributed by atoms with E-state index in [1.165, 1.54) is 14.2 Å². The molecule has 0 aromatic carbocycles. The number of hydrogen-bond acceptors (Lipinski definition) is 13. The number of ether oxygens (including phenoxy) is 8. The second-order valence-electron chi connectivity index (χ2n) is 9.71. The van der Waals surface area contributed by atoms with E-state index in [1.54, 1.807) is 0 Å². The Bertz CT molecular complexity index is 506. The van der Waals surface area contributed by atoms with Gasteiger partial charge in [0.1, 0.15) is 36.6 Å². The molecule has 0 radical (unpaired) electrons. The second kappa shape index (κ2) is 22.3. The second-order valence-corrected chi connectivity index (χ2v) is 9.71. The van der Waals surface area contributed by atoms with Crippen molar-refractivity contribution in [2.75, 3.05) is 93.5 Å². The lowest BCUT2D eigenvalue weighted by Gasteiger charge is -2.26. The molecule has 5 N–H and O–H groups in total. The van der Waals surface area contributed by atoms with Gasteiger partial charge in [-0.25, -0.2) is 0 Å². The van der Waals surface area contributed by atoms with E-state index >= 15 is 0 Å². The summed E-state index contributed by atoms with van der Waals surface area (Å²) in [6.07, 6.45) is -4.80. The Labute approximate surface area is 220 Å². The summed E-state index contributed by atoms with van der Waals surface area (Å²) in [5.41, 5.74) is -0.402. The summed E-state index contributed by atoms with van der Waals surface area (Å²) < 4.78 is 42.3. The minimum atomic E-state index is -0.932. The van der Waals surface area contributed by atoms with Gasteiger partial charge < -0.3 is 63.4 Å². The molecule has 0 bridgehead atoms. The maximum Gasteiger partial charge on any atom is 0.104 e. The summed E-state index contributed by atoms with van der Waals surface area (Å²) in [6, 6.07) is 0. The van der Waals surface area contributed by atoms with E-state index in [-0.39, 0.29) is 79.3 Å². The molecule has 0 aromatic heterocycles. The minimum absolute atomic E-state index is 0.0187. The van der Waals surface area contributed by atoms with Crippen LogP contribution in [0.25, 0.3) is 0 Å². The fourth-order valence-corrected chi connectivity index (χ4v) is 2.72. The van der Waals surface area contributed by atoms with E-state index in [0.29, 0.717) is 0 Å². The Hall–Kier alpha value is -0.520. The molecule has 13 heteroatoms. The van der Waals surface area contributed by atoms with Gasteiger partial charge in [0.25, 0.3) is 0 Å². The van der Waals surface area contributed by atoms with E-state index in [9.17, 15) is 25.5 Å². The third-order valence-electron chi connectivity index (χ3n) is 4.42. The Morgan fingerprint density at radius 2 is 0.784 bits per heavy atom. The molecular formula is C24H50O13. The van der Waals surface area contributed by atoms with Crippen LogP contribution in [0.15, 0.2) is 0 Å². The molecule has 0 heterocycles. The van der Waals surface area contributed by atoms with Crippen molar-refractivity contribution in [2.45, 2.75) is 63.0 Å². The summed E-state index contributed by atoms with van der Waals surface area (Å²) in [5.74, 6) is 0. The van der Waals surface area contributed by atoms with Gasteiger partial charge >= 0.3 is 0 Å². The monoisotopic (exact) mass is 546 g/mol. The maximum absolute atomic E-state index is 10.1. The number of aliphatic hydroxyl groups is 5. The van der Waals surface area contributed by atoms with Gasteiger partial charge in [0.2, 0.25) is 0 Å². The Balaban J connectivity index is 4.20. The van der Waals surface area contributed by atoms with Gasteiger partial charge in [0.05, 0.1) is 84.9 Å². The largest absolute Gasteiger partial charge is 0.388 e. The van der Waals surface area contributed by atoms with Gasteiger partial charge in [0, 0.05) is 14.2 Å². The van der Waals surface area contributed by atoms with E-state index < -0.39 is 42.2 Å². The van der Waals surface area contributed by atoms with Crippen LogP contribution in [0.3, 0.4) is 0 Å². The summed E-state index contributed by atoms with van der Waals surface area (Å²) in [7, 11) is 2.94. The van der Waals surface area contributed by atoms with Crippen molar-refractivity contribution < 1.29 is 63.4 Å². The Kier molecular flexibility index (Phi) is 22.0. The van der Waals surface area contributed by atoms with Crippen LogP contribution in [-0.4, -0.2) is 161 Å². The minimum Gasteiger partial charge on any atom is -0.388 e. The lowest BCUT2D eigenvalue weighted by molar-refractivity contribution is -0.126. The van der Waals surface area contributed by atoms with Gasteiger partial charge in [-0.15, -0.1) is 0 Å². The highest BCUT2D eigenvalue weighted by Gasteiger charge is 2.19. The van der Waals surface area contributed by atoms with Crippen molar-refractivity contribution in [3.8, 4) is 0 Å². The zero-order chi connectivity index (χ0) is 28.1. The number of hydrogen-bond donors (Lipinski definition) is 5. The predicted octanol–water partition coefficient (Wildman–Crippen LogP) is -1.65. The van der Waals surface area contributed by atoms with Crippen molar-refractivity contribution in [1.29, 1.82) is 0 Å². The topological polar surface area (TPSA) is 175 Å². The number of aliphatic hydroxyl groups excluding tert-OH is 5. The first-order valence-electron chi connectivity index (χ1n) is 12.4. The smallest absolute Gasteiger partial charge is 0.104 e. The van der Waals surface area contributed by atoms with Crippen LogP contribution in [-0.2, 0) is 37.9 Å². The van der Waals surface area contributed by atoms with Gasteiger partial charge in [-0.3, -0.25) is 0 Å². The van der Waals surface area contributed by atoms with Crippen LogP contribution in [0.1, 0.15) is 20.8 Å².